The van der Waals surface area contributed by atoms with Crippen molar-refractivity contribution < 1.29 is 18.9 Å². The topological polar surface area (TPSA) is 139 Å². The summed E-state index contributed by atoms with van der Waals surface area (Å²) in [5, 5.41) is 15.0. The number of aromatic nitrogens is 11. The van der Waals surface area contributed by atoms with Gasteiger partial charge in [0.25, 0.3) is 0 Å². The predicted molar refractivity (Wildman–Crippen MR) is 550 cm³/mol. The van der Waals surface area contributed by atoms with Crippen LogP contribution in [0.5, 0.6) is 46.0 Å². The Labute approximate surface area is 779 Å². The molecule has 136 heavy (non-hydrogen) atoms. The third-order valence-corrected chi connectivity index (χ3v) is 31.5. The lowest BCUT2D eigenvalue weighted by atomic mass is 9.97. The number of fused-ring (bicyclic) bond motifs is 17. The van der Waals surface area contributed by atoms with Crippen molar-refractivity contribution >= 4 is 138 Å². The van der Waals surface area contributed by atoms with Crippen LogP contribution in [-0.4, -0.2) is 60.8 Å². The molecule has 0 unspecified atom stereocenters. The van der Waals surface area contributed by atoms with E-state index in [9.17, 15) is 0 Å². The van der Waals surface area contributed by atoms with Gasteiger partial charge in [0.05, 0.1) is 66.9 Å². The fourth-order valence-corrected chi connectivity index (χ4v) is 25.5. The molecule has 0 amide bonds. The Morgan fingerprint density at radius 1 is 0.213 bits per heavy atom. The van der Waals surface area contributed by atoms with E-state index < -0.39 is 8.07 Å². The van der Waals surface area contributed by atoms with E-state index in [1.54, 1.807) is 0 Å². The molecule has 16 heteroatoms. The zero-order chi connectivity index (χ0) is 89.5. The maximum absolute atomic E-state index is 6.25. The van der Waals surface area contributed by atoms with Crippen LogP contribution < -0.4 is 39.7 Å². The van der Waals surface area contributed by atoms with Crippen molar-refractivity contribution in [2.24, 2.45) is 0 Å². The van der Waals surface area contributed by atoms with Crippen LogP contribution in [0.2, 0.25) is 0 Å². The second-order valence-electron chi connectivity index (χ2n) is 34.3. The molecule has 0 N–H and O–H groups in total. The van der Waals surface area contributed by atoms with Crippen LogP contribution in [0.3, 0.4) is 0 Å². The van der Waals surface area contributed by atoms with E-state index >= 15 is 0 Å². The third-order valence-electron chi connectivity index (χ3n) is 26.7. The second kappa shape index (κ2) is 31.5. The summed E-state index contributed by atoms with van der Waals surface area (Å²) in [6.45, 7) is 0. The third kappa shape index (κ3) is 12.4. The molecule has 0 spiro atoms. The molecule has 4 aliphatic rings. The number of hydrogen-bond acceptors (Lipinski definition) is 10. The molecule has 26 aromatic rings. The van der Waals surface area contributed by atoms with Crippen LogP contribution in [0, 0.1) is 0 Å². The Morgan fingerprint density at radius 2 is 0.581 bits per heavy atom. The minimum atomic E-state index is -2.58. The van der Waals surface area contributed by atoms with Gasteiger partial charge in [-0.3, -0.25) is 23.3 Å². The lowest BCUT2D eigenvalue weighted by molar-refractivity contribution is 0.475. The average molecular weight is 1760 g/mol. The molecule has 0 saturated heterocycles. The standard InChI is InChI=1S/C37H26N2OSi.C31H19N3O.C27H16N2O.C25H14N4O/c1-4-13-28(14-5-1)41(29-15-6-2-7-16-29,30-17-8-3-9-18-30)31-25-23-27(24-26-31)37-38-32-19-12-22-35-36(32)39(37)33-20-10-11-21-34(33)40-35;1-3-14-25-22(11-1)23-12-2-4-15-26(23)33(25)21-10-7-9-20(19-21)31-32-24-13-8-18-29-30(24)34(31)27-16-5-6-17-28(27)35-29;1-2-9-18-17(8-1)16-21(20-11-4-3-10-19(18)20)27-28-22-12-7-15-25-26(22)29(27)23-13-5-6-14-24(23)30-25;1-2-8-20-19(7-1)29-24-17(6-3-9-21(24)30-20)28-25(29)18-13-12-16-11-10-15-5-4-14-26-22(15)23(16)27-18/h1-26H;1-19H;1-16H;1-14H. The van der Waals surface area contributed by atoms with Gasteiger partial charge in [-0.15, -0.1) is 0 Å². The predicted octanol–water partition coefficient (Wildman–Crippen LogP) is 27.1. The van der Waals surface area contributed by atoms with E-state index in [1.165, 1.54) is 64.1 Å². The number of para-hydroxylation sites is 14. The molecule has 0 aliphatic carbocycles. The molecule has 638 valence electrons. The van der Waals surface area contributed by atoms with Gasteiger partial charge in [0.1, 0.15) is 45.2 Å². The monoisotopic (exact) mass is 1760 g/mol. The number of benzene rings is 19. The highest BCUT2D eigenvalue weighted by molar-refractivity contribution is 7.19. The first-order chi connectivity index (χ1) is 67.4. The highest BCUT2D eigenvalue weighted by Gasteiger charge is 2.42. The molecule has 0 saturated carbocycles. The van der Waals surface area contributed by atoms with Crippen molar-refractivity contribution in [3.63, 3.8) is 0 Å². The summed E-state index contributed by atoms with van der Waals surface area (Å²) >= 11 is 0. The molecule has 11 heterocycles. The number of nitrogens with zero attached hydrogens (tertiary/aromatic N) is 11. The number of hydrogen-bond donors (Lipinski definition) is 0. The molecular weight excluding hydrogens is 1690 g/mol. The van der Waals surface area contributed by atoms with Crippen molar-refractivity contribution in [3.05, 3.63) is 455 Å². The van der Waals surface area contributed by atoms with Crippen molar-refractivity contribution in [1.29, 1.82) is 0 Å². The lowest BCUT2D eigenvalue weighted by Gasteiger charge is -2.34. The molecule has 19 aromatic carbocycles. The Hall–Kier alpha value is -18.4. The summed E-state index contributed by atoms with van der Waals surface area (Å²) in [7, 11) is -2.58. The lowest BCUT2D eigenvalue weighted by Crippen LogP contribution is -2.74. The van der Waals surface area contributed by atoms with Gasteiger partial charge in [-0.05, 0) is 182 Å². The van der Waals surface area contributed by atoms with E-state index in [0.717, 1.165) is 186 Å². The van der Waals surface area contributed by atoms with E-state index in [-0.39, 0.29) is 0 Å². The molecule has 0 radical (unpaired) electrons. The molecule has 7 aromatic heterocycles. The number of rotatable bonds is 9. The van der Waals surface area contributed by atoms with Crippen LogP contribution in [0.15, 0.2) is 455 Å². The number of imidazole rings is 4. The average Bonchev–Trinajstić information content (AvgIpc) is 1.39. The minimum absolute atomic E-state index is 0.794. The van der Waals surface area contributed by atoms with Gasteiger partial charge in [0.2, 0.25) is 0 Å². The van der Waals surface area contributed by atoms with Gasteiger partial charge in [0, 0.05) is 50.1 Å². The SMILES string of the molecule is c1cc(-c2nc3cccc4c3n2-c2ccccc2O4)cc(-n2c3ccccc3c3ccccc32)c1.c1ccc([Si](c2ccccc2)(c2ccccc2)c2ccc(-c3nc4cccc5c4n3-c3ccccc3O5)cc2)cc1.c1ccc2c(c1)Oc1cccc3nc(-c4cc5ccccc5c5ccccc45)n-2c13.c1ccc2c(c1)Oc1cccc3nc(-c4ccc5ccc6cccnc6c5n4)n-2c13. The fraction of sp³-hybridized carbons (Fsp3) is 0. The minimum Gasteiger partial charge on any atom is -0.453 e. The maximum atomic E-state index is 6.25. The second-order valence-corrected chi connectivity index (χ2v) is 38.1. The van der Waals surface area contributed by atoms with Gasteiger partial charge in [-0.2, -0.15) is 0 Å². The Balaban J connectivity index is 0.0000000926. The van der Waals surface area contributed by atoms with Crippen molar-refractivity contribution in [1.82, 2.24) is 52.7 Å². The van der Waals surface area contributed by atoms with E-state index in [4.69, 9.17) is 43.9 Å². The normalized spacial score (nSPS) is 12.2. The van der Waals surface area contributed by atoms with E-state index in [2.05, 4.69) is 325 Å². The maximum Gasteiger partial charge on any atom is 0.179 e. The van der Waals surface area contributed by atoms with Crippen molar-refractivity contribution in [2.45, 2.75) is 0 Å². The summed E-state index contributed by atoms with van der Waals surface area (Å²) in [6, 6.07) is 156. The van der Waals surface area contributed by atoms with E-state index in [0.29, 0.717) is 0 Å². The van der Waals surface area contributed by atoms with E-state index in [1.807, 2.05) is 158 Å². The largest absolute Gasteiger partial charge is 0.453 e. The Bertz CT molecular complexity index is 9190. The zero-order valence-corrected chi connectivity index (χ0v) is 73.9. The summed E-state index contributed by atoms with van der Waals surface area (Å²) in [5.41, 5.74) is 21.0. The van der Waals surface area contributed by atoms with Gasteiger partial charge >= 0.3 is 0 Å². The molecule has 15 nitrogen and oxygen atoms in total. The fourth-order valence-electron chi connectivity index (χ4n) is 20.8. The Kier molecular flexibility index (Phi) is 17.9. The smallest absolute Gasteiger partial charge is 0.179 e. The molecule has 4 aliphatic heterocycles. The molecule has 30 rings (SSSR count). The van der Waals surface area contributed by atoms with Crippen molar-refractivity contribution in [3.8, 4) is 120 Å². The van der Waals surface area contributed by atoms with Gasteiger partial charge < -0.3 is 23.5 Å². The highest BCUT2D eigenvalue weighted by Crippen LogP contribution is 2.50. The molecule has 0 atom stereocenters. The number of pyridine rings is 2. The van der Waals surface area contributed by atoms with Crippen LogP contribution in [0.1, 0.15) is 0 Å². The summed E-state index contributed by atoms with van der Waals surface area (Å²) in [5.74, 6) is 10.2. The first kappa shape index (κ1) is 77.5. The van der Waals surface area contributed by atoms with Crippen LogP contribution in [-0.2, 0) is 0 Å². The molecular formula is C120H75N11O4Si. The molecule has 0 fully saturated rings. The summed E-state index contributed by atoms with van der Waals surface area (Å²) in [6.07, 6.45) is 1.81. The van der Waals surface area contributed by atoms with Crippen LogP contribution >= 0.6 is 0 Å². The summed E-state index contributed by atoms with van der Waals surface area (Å²) < 4.78 is 36.0. The highest BCUT2D eigenvalue weighted by atomic mass is 28.3. The van der Waals surface area contributed by atoms with Gasteiger partial charge in [0.15, 0.2) is 59.9 Å². The van der Waals surface area contributed by atoms with Gasteiger partial charge in [-0.25, -0.2) is 24.9 Å². The zero-order valence-electron chi connectivity index (χ0n) is 72.9. The quantitative estimate of drug-likeness (QED) is 0.0779. The van der Waals surface area contributed by atoms with Crippen LogP contribution in [0.4, 0.5) is 0 Å². The first-order valence-corrected chi connectivity index (χ1v) is 47.5. The number of ether oxygens (including phenoxy) is 4. The summed E-state index contributed by atoms with van der Waals surface area (Å²) in [4.78, 5) is 29.8. The van der Waals surface area contributed by atoms with Gasteiger partial charge in [-0.1, -0.05) is 309 Å². The van der Waals surface area contributed by atoms with Crippen LogP contribution in [0.25, 0.3) is 183 Å². The molecule has 0 bridgehead atoms. The Morgan fingerprint density at radius 3 is 1.09 bits per heavy atom. The first-order valence-electron chi connectivity index (χ1n) is 45.5. The van der Waals surface area contributed by atoms with Crippen molar-refractivity contribution in [2.75, 3.05) is 0 Å².